The normalized spacial score (nSPS) is 14.7. The molecule has 1 unspecified atom stereocenters. The van der Waals surface area contributed by atoms with Crippen LogP contribution in [0.15, 0.2) is 23.3 Å². The molecule has 1 aromatic carbocycles. The first-order valence-electron chi connectivity index (χ1n) is 8.72. The lowest BCUT2D eigenvalue weighted by Gasteiger charge is -2.26. The zero-order valence-corrected chi connectivity index (χ0v) is 17.0. The molecular formula is C20H18Cl2FNO5. The number of imide groups is 1. The highest BCUT2D eigenvalue weighted by Gasteiger charge is 2.35. The van der Waals surface area contributed by atoms with E-state index in [0.29, 0.717) is 17.7 Å². The fourth-order valence-corrected chi connectivity index (χ4v) is 3.24. The number of hydrogen-bond donors (Lipinski definition) is 1. The summed E-state index contributed by atoms with van der Waals surface area (Å²) in [5.41, 5.74) is -0.610. The number of carbonyl (C=O) groups excluding carboxylic acids is 2. The third kappa shape index (κ3) is 5.08. The van der Waals surface area contributed by atoms with Crippen molar-refractivity contribution in [3.05, 3.63) is 34.1 Å². The number of hydrogen-bond acceptors (Lipinski definition) is 4. The van der Waals surface area contributed by atoms with Crippen molar-refractivity contribution >= 4 is 46.7 Å². The van der Waals surface area contributed by atoms with Gasteiger partial charge in [-0.25, -0.2) is 14.1 Å². The molecule has 1 aromatic rings. The number of rotatable bonds is 6. The second-order valence-corrected chi connectivity index (χ2v) is 7.35. The van der Waals surface area contributed by atoms with Crippen molar-refractivity contribution in [3.8, 4) is 18.1 Å². The molecule has 1 aliphatic rings. The molecule has 0 fully saturated rings. The predicted molar refractivity (Wildman–Crippen MR) is 107 cm³/mol. The van der Waals surface area contributed by atoms with Gasteiger partial charge in [0.15, 0.2) is 0 Å². The van der Waals surface area contributed by atoms with E-state index in [1.54, 1.807) is 0 Å². The van der Waals surface area contributed by atoms with Crippen LogP contribution in [-0.2, 0) is 14.4 Å². The Labute approximate surface area is 177 Å². The lowest BCUT2D eigenvalue weighted by atomic mass is 9.90. The van der Waals surface area contributed by atoms with E-state index in [-0.39, 0.29) is 41.4 Å². The molecule has 29 heavy (non-hydrogen) atoms. The van der Waals surface area contributed by atoms with E-state index in [1.807, 2.05) is 0 Å². The first kappa shape index (κ1) is 22.7. The third-order valence-corrected chi connectivity index (χ3v) is 4.78. The Morgan fingerprint density at radius 1 is 1.31 bits per heavy atom. The maximum atomic E-state index is 14.7. The fourth-order valence-electron chi connectivity index (χ4n) is 2.94. The zero-order chi connectivity index (χ0) is 21.7. The van der Waals surface area contributed by atoms with Crippen molar-refractivity contribution in [3.63, 3.8) is 0 Å². The second-order valence-electron chi connectivity index (χ2n) is 6.29. The number of anilines is 1. The fraction of sp³-hybridized carbons (Fsp3) is 0.350. The number of ether oxygens (including phenoxy) is 1. The highest BCUT2D eigenvalue weighted by Crippen LogP contribution is 2.35. The summed E-state index contributed by atoms with van der Waals surface area (Å²) in [5, 5.41) is 8.13. The number of nitrogens with zero attached hydrogens (tertiary/aromatic N) is 1. The number of carboxylic acid groups (broad SMARTS) is 1. The van der Waals surface area contributed by atoms with Crippen LogP contribution in [0.2, 0.25) is 5.02 Å². The number of alkyl halides is 1. The van der Waals surface area contributed by atoms with E-state index in [2.05, 4.69) is 5.92 Å². The lowest BCUT2D eigenvalue weighted by Crippen LogP contribution is -2.43. The molecular weight excluding hydrogens is 424 g/mol. The Bertz CT molecular complexity index is 920. The molecule has 2 amide bonds. The minimum absolute atomic E-state index is 0.0371. The van der Waals surface area contributed by atoms with Gasteiger partial charge in [-0.05, 0) is 38.7 Å². The molecule has 1 atom stereocenters. The van der Waals surface area contributed by atoms with Crippen molar-refractivity contribution in [2.24, 2.45) is 0 Å². The van der Waals surface area contributed by atoms with Gasteiger partial charge in [0.05, 0.1) is 10.7 Å². The van der Waals surface area contributed by atoms with Gasteiger partial charge in [-0.15, -0.1) is 18.0 Å². The minimum Gasteiger partial charge on any atom is -0.479 e. The van der Waals surface area contributed by atoms with E-state index in [4.69, 9.17) is 34.4 Å². The van der Waals surface area contributed by atoms with E-state index >= 15 is 0 Å². The summed E-state index contributed by atoms with van der Waals surface area (Å²) >= 11 is 11.8. The van der Waals surface area contributed by atoms with Gasteiger partial charge in [0.2, 0.25) is 0 Å². The summed E-state index contributed by atoms with van der Waals surface area (Å²) in [6, 6.07) is 1.94. The van der Waals surface area contributed by atoms with E-state index in [9.17, 15) is 23.9 Å². The molecule has 9 heteroatoms. The summed E-state index contributed by atoms with van der Waals surface area (Å²) in [7, 11) is 0. The standard InChI is InChI=1S/C20H18Cl2FNO5/c1-3-8-29-17-10-16(15(23)9-14(17)22)24(18(25)11(2)21)19(26)12-6-4-5-7-13(12)20(27)28/h1,9-11H,4-8H2,2H3,(H,27,28). The lowest BCUT2D eigenvalue weighted by molar-refractivity contribution is -0.133. The monoisotopic (exact) mass is 441 g/mol. The maximum absolute atomic E-state index is 14.7. The Kier molecular flexibility index (Phi) is 7.66. The molecule has 154 valence electrons. The third-order valence-electron chi connectivity index (χ3n) is 4.30. The molecule has 2 rings (SSSR count). The Hall–Kier alpha value is -2.56. The molecule has 0 bridgehead atoms. The number of carbonyl (C=O) groups is 3. The predicted octanol–water partition coefficient (Wildman–Crippen LogP) is 3.93. The smallest absolute Gasteiger partial charge is 0.332 e. The Balaban J connectivity index is 2.63. The molecule has 1 aliphatic carbocycles. The number of benzene rings is 1. The molecule has 0 saturated carbocycles. The first-order chi connectivity index (χ1) is 13.7. The van der Waals surface area contributed by atoms with Gasteiger partial charge in [-0.3, -0.25) is 9.59 Å². The van der Waals surface area contributed by atoms with Crippen LogP contribution in [0.4, 0.5) is 10.1 Å². The summed E-state index contributed by atoms with van der Waals surface area (Å²) in [5.74, 6) is -1.90. The van der Waals surface area contributed by atoms with E-state index < -0.39 is 34.7 Å². The van der Waals surface area contributed by atoms with Crippen molar-refractivity contribution in [2.75, 3.05) is 11.5 Å². The van der Waals surface area contributed by atoms with Crippen LogP contribution < -0.4 is 9.64 Å². The largest absolute Gasteiger partial charge is 0.479 e. The first-order valence-corrected chi connectivity index (χ1v) is 9.53. The topological polar surface area (TPSA) is 83.9 Å². The van der Waals surface area contributed by atoms with Gasteiger partial charge >= 0.3 is 5.97 Å². The number of terminal acetylenes is 1. The van der Waals surface area contributed by atoms with Crippen LogP contribution in [0.3, 0.4) is 0 Å². The van der Waals surface area contributed by atoms with Gasteiger partial charge in [0.1, 0.15) is 23.6 Å². The number of amides is 2. The van der Waals surface area contributed by atoms with Crippen LogP contribution in [0.1, 0.15) is 32.6 Å². The number of carboxylic acids is 1. The molecule has 1 N–H and O–H groups in total. The highest BCUT2D eigenvalue weighted by molar-refractivity contribution is 6.37. The molecule has 0 aliphatic heterocycles. The molecule has 0 spiro atoms. The number of aliphatic carboxylic acids is 1. The maximum Gasteiger partial charge on any atom is 0.332 e. The van der Waals surface area contributed by atoms with E-state index in [0.717, 1.165) is 12.1 Å². The van der Waals surface area contributed by atoms with Crippen LogP contribution >= 0.6 is 23.2 Å². The Morgan fingerprint density at radius 3 is 2.48 bits per heavy atom. The van der Waals surface area contributed by atoms with Crippen molar-refractivity contribution in [1.29, 1.82) is 0 Å². The summed E-state index contributed by atoms with van der Waals surface area (Å²) in [6.45, 7) is 1.15. The van der Waals surface area contributed by atoms with Crippen LogP contribution in [-0.4, -0.2) is 34.9 Å². The average Bonchev–Trinajstić information content (AvgIpc) is 2.68. The van der Waals surface area contributed by atoms with Crippen LogP contribution in [0, 0.1) is 18.2 Å². The Morgan fingerprint density at radius 2 is 1.93 bits per heavy atom. The molecule has 0 saturated heterocycles. The van der Waals surface area contributed by atoms with Crippen molar-refractivity contribution < 1.29 is 28.6 Å². The van der Waals surface area contributed by atoms with Crippen LogP contribution in [0.25, 0.3) is 0 Å². The average molecular weight is 442 g/mol. The van der Waals surface area contributed by atoms with Crippen LogP contribution in [0.5, 0.6) is 5.75 Å². The van der Waals surface area contributed by atoms with Gasteiger partial charge in [-0.2, -0.15) is 0 Å². The molecule has 0 heterocycles. The molecule has 0 aromatic heterocycles. The molecule has 0 radical (unpaired) electrons. The van der Waals surface area contributed by atoms with Gasteiger partial charge < -0.3 is 9.84 Å². The highest BCUT2D eigenvalue weighted by atomic mass is 35.5. The molecule has 6 nitrogen and oxygen atoms in total. The minimum atomic E-state index is -1.26. The summed E-state index contributed by atoms with van der Waals surface area (Å²) in [6.07, 6.45) is 6.63. The SMILES string of the molecule is C#CCOc1cc(N(C(=O)C2=C(C(=O)O)CCCC2)C(=O)C(C)Cl)c(F)cc1Cl. The summed E-state index contributed by atoms with van der Waals surface area (Å²) < 4.78 is 19.9. The van der Waals surface area contributed by atoms with Crippen molar-refractivity contribution in [2.45, 2.75) is 38.0 Å². The van der Waals surface area contributed by atoms with Gasteiger partial charge in [-0.1, -0.05) is 17.5 Å². The zero-order valence-electron chi connectivity index (χ0n) is 15.5. The summed E-state index contributed by atoms with van der Waals surface area (Å²) in [4.78, 5) is 38.0. The number of halogens is 3. The second kappa shape index (κ2) is 9.77. The quantitative estimate of drug-likeness (QED) is 0.533. The van der Waals surface area contributed by atoms with Crippen molar-refractivity contribution in [1.82, 2.24) is 0 Å². The van der Waals surface area contributed by atoms with E-state index in [1.165, 1.54) is 6.92 Å². The van der Waals surface area contributed by atoms with Gasteiger partial charge in [0.25, 0.3) is 11.8 Å². The van der Waals surface area contributed by atoms with Gasteiger partial charge in [0, 0.05) is 17.2 Å².